The first-order chi connectivity index (χ1) is 17.0. The highest BCUT2D eigenvalue weighted by atomic mass is 16.7. The first kappa shape index (κ1) is 23.5. The first-order valence-corrected chi connectivity index (χ1v) is 12.5. The Hall–Kier alpha value is -3.26. The molecule has 2 saturated heterocycles. The van der Waals surface area contributed by atoms with Crippen molar-refractivity contribution in [1.29, 1.82) is 0 Å². The van der Waals surface area contributed by atoms with Crippen LogP contribution in [0.5, 0.6) is 17.2 Å². The number of hydrogen-bond acceptors (Lipinski definition) is 6. The van der Waals surface area contributed by atoms with Gasteiger partial charge < -0.3 is 19.5 Å². The van der Waals surface area contributed by atoms with E-state index in [2.05, 4.69) is 16.3 Å². The largest absolute Gasteiger partial charge is 0.494 e. The topological polar surface area (TPSA) is 80.3 Å². The summed E-state index contributed by atoms with van der Waals surface area (Å²) < 4.78 is 16.6. The van der Waals surface area contributed by atoms with Gasteiger partial charge in [0.1, 0.15) is 11.3 Å². The number of carbonyl (C=O) groups excluding carboxylic acids is 2. The van der Waals surface area contributed by atoms with Crippen LogP contribution in [0.15, 0.2) is 42.5 Å². The summed E-state index contributed by atoms with van der Waals surface area (Å²) in [5.41, 5.74) is 1.17. The van der Waals surface area contributed by atoms with Gasteiger partial charge in [-0.15, -0.1) is 0 Å². The summed E-state index contributed by atoms with van der Waals surface area (Å²) >= 11 is 0. The predicted molar refractivity (Wildman–Crippen MR) is 130 cm³/mol. The number of fused-ring (bicyclic) bond motifs is 1. The van der Waals surface area contributed by atoms with Crippen LogP contribution in [0.25, 0.3) is 0 Å². The minimum absolute atomic E-state index is 0.101. The number of benzene rings is 2. The molecule has 35 heavy (non-hydrogen) atoms. The molecule has 2 aromatic rings. The molecule has 186 valence electrons. The normalized spacial score (nSPS) is 22.5. The fourth-order valence-electron chi connectivity index (χ4n) is 5.57. The lowest BCUT2D eigenvalue weighted by Crippen LogP contribution is -2.55. The van der Waals surface area contributed by atoms with Crippen LogP contribution in [0.1, 0.15) is 44.2 Å². The molecule has 0 aliphatic carbocycles. The molecule has 1 N–H and O–H groups in total. The van der Waals surface area contributed by atoms with E-state index in [0.29, 0.717) is 24.5 Å². The molecule has 3 amide bonds. The number of piperidine rings is 1. The molecule has 3 aliphatic rings. The van der Waals surface area contributed by atoms with Gasteiger partial charge >= 0.3 is 6.03 Å². The molecule has 0 aromatic heterocycles. The summed E-state index contributed by atoms with van der Waals surface area (Å²) in [6.45, 7) is 7.60. The van der Waals surface area contributed by atoms with Crippen molar-refractivity contribution in [3.8, 4) is 17.2 Å². The third kappa shape index (κ3) is 4.43. The summed E-state index contributed by atoms with van der Waals surface area (Å²) in [5, 5.41) is 3.09. The zero-order valence-electron chi connectivity index (χ0n) is 20.4. The molecule has 0 unspecified atom stereocenters. The average Bonchev–Trinajstić information content (AvgIpc) is 3.44. The smallest absolute Gasteiger partial charge is 0.325 e. The van der Waals surface area contributed by atoms with E-state index in [0.717, 1.165) is 43.8 Å². The number of nitrogens with zero attached hydrogens (tertiary/aromatic N) is 2. The number of urea groups is 1. The maximum Gasteiger partial charge on any atom is 0.325 e. The van der Waals surface area contributed by atoms with Crippen molar-refractivity contribution in [3.63, 3.8) is 0 Å². The van der Waals surface area contributed by atoms with E-state index in [1.807, 2.05) is 50.2 Å². The molecular weight excluding hydrogens is 446 g/mol. The van der Waals surface area contributed by atoms with Gasteiger partial charge in [-0.3, -0.25) is 14.6 Å². The molecule has 8 nitrogen and oxygen atoms in total. The average molecular weight is 480 g/mol. The van der Waals surface area contributed by atoms with E-state index in [1.54, 1.807) is 0 Å². The second kappa shape index (κ2) is 9.77. The van der Waals surface area contributed by atoms with Gasteiger partial charge in [-0.25, -0.2) is 4.79 Å². The highest BCUT2D eigenvalue weighted by molar-refractivity contribution is 6.07. The van der Waals surface area contributed by atoms with Crippen LogP contribution >= 0.6 is 0 Å². The van der Waals surface area contributed by atoms with Crippen molar-refractivity contribution in [3.05, 3.63) is 53.6 Å². The van der Waals surface area contributed by atoms with Crippen LogP contribution < -0.4 is 19.5 Å². The summed E-state index contributed by atoms with van der Waals surface area (Å²) in [7, 11) is 0. The van der Waals surface area contributed by atoms with Gasteiger partial charge in [0.05, 0.1) is 13.2 Å². The first-order valence-electron chi connectivity index (χ1n) is 12.5. The molecule has 3 aliphatic heterocycles. The summed E-state index contributed by atoms with van der Waals surface area (Å²) in [4.78, 5) is 30.4. The van der Waals surface area contributed by atoms with Crippen LogP contribution in [-0.4, -0.2) is 53.8 Å². The minimum Gasteiger partial charge on any atom is -0.494 e. The Labute approximate surface area is 206 Å². The Morgan fingerprint density at radius 3 is 2.57 bits per heavy atom. The van der Waals surface area contributed by atoms with Crippen LogP contribution in [0, 0.1) is 5.92 Å². The molecule has 3 heterocycles. The molecule has 2 aromatic carbocycles. The van der Waals surface area contributed by atoms with Crippen molar-refractivity contribution in [2.24, 2.45) is 5.92 Å². The monoisotopic (exact) mass is 479 g/mol. The highest BCUT2D eigenvalue weighted by Crippen LogP contribution is 2.38. The van der Waals surface area contributed by atoms with E-state index >= 15 is 0 Å². The number of rotatable bonds is 8. The number of imide groups is 1. The van der Waals surface area contributed by atoms with Gasteiger partial charge in [0.25, 0.3) is 5.91 Å². The number of nitrogens with one attached hydrogen (secondary N) is 1. The van der Waals surface area contributed by atoms with E-state index in [1.165, 1.54) is 10.5 Å². The molecule has 0 saturated carbocycles. The van der Waals surface area contributed by atoms with Crippen LogP contribution in [0.2, 0.25) is 0 Å². The molecule has 0 radical (unpaired) electrons. The Kier molecular flexibility index (Phi) is 6.56. The van der Waals surface area contributed by atoms with E-state index < -0.39 is 5.54 Å². The number of ether oxygens (including phenoxy) is 3. The third-order valence-electron chi connectivity index (χ3n) is 7.49. The standard InChI is InChI=1S/C27H33N3O5/c1-3-27(21-11-13-29(14-12-21)17-20-7-5-6-8-22(20)33-4-2)25(31)30(26(32)28-27)16-19-9-10-23-24(15-19)35-18-34-23/h5-10,15,21H,3-4,11-14,16-18H2,1-2H3,(H,28,32)/t27-/m1/s1. The number of amides is 3. The fraction of sp³-hybridized carbons (Fsp3) is 0.481. The minimum atomic E-state index is -0.845. The predicted octanol–water partition coefficient (Wildman–Crippen LogP) is 3.93. The SMILES string of the molecule is CCOc1ccccc1CN1CCC([C@@]2(CC)NC(=O)N(Cc3ccc4c(c3)OCO4)C2=O)CC1. The summed E-state index contributed by atoms with van der Waals surface area (Å²) in [6.07, 6.45) is 2.29. The Bertz CT molecular complexity index is 1100. The van der Waals surface area contributed by atoms with E-state index in [4.69, 9.17) is 14.2 Å². The van der Waals surface area contributed by atoms with Crippen molar-refractivity contribution in [2.75, 3.05) is 26.5 Å². The quantitative estimate of drug-likeness (QED) is 0.578. The van der Waals surface area contributed by atoms with Gasteiger partial charge in [-0.1, -0.05) is 31.2 Å². The lowest BCUT2D eigenvalue weighted by atomic mass is 9.75. The van der Waals surface area contributed by atoms with E-state index in [9.17, 15) is 9.59 Å². The van der Waals surface area contributed by atoms with Crippen molar-refractivity contribution in [1.82, 2.24) is 15.1 Å². The summed E-state index contributed by atoms with van der Waals surface area (Å²) in [6, 6.07) is 13.4. The van der Waals surface area contributed by atoms with Crippen LogP contribution in [0.3, 0.4) is 0 Å². The zero-order chi connectivity index (χ0) is 24.4. The maximum absolute atomic E-state index is 13.7. The van der Waals surface area contributed by atoms with Gasteiger partial charge in [0, 0.05) is 12.1 Å². The molecule has 0 bridgehead atoms. The molecular formula is C27H33N3O5. The number of para-hydroxylation sites is 1. The number of carbonyl (C=O) groups is 2. The lowest BCUT2D eigenvalue weighted by molar-refractivity contribution is -0.134. The number of hydrogen-bond donors (Lipinski definition) is 1. The Balaban J connectivity index is 1.25. The zero-order valence-corrected chi connectivity index (χ0v) is 20.4. The fourth-order valence-corrected chi connectivity index (χ4v) is 5.57. The van der Waals surface area contributed by atoms with Crippen LogP contribution in [0.4, 0.5) is 4.79 Å². The molecule has 1 atom stereocenters. The van der Waals surface area contributed by atoms with Gasteiger partial charge in [0.15, 0.2) is 11.5 Å². The van der Waals surface area contributed by atoms with Crippen molar-refractivity contribution >= 4 is 11.9 Å². The van der Waals surface area contributed by atoms with Gasteiger partial charge in [0.2, 0.25) is 6.79 Å². The van der Waals surface area contributed by atoms with Crippen molar-refractivity contribution in [2.45, 2.75) is 51.7 Å². The third-order valence-corrected chi connectivity index (χ3v) is 7.49. The second-order valence-corrected chi connectivity index (χ2v) is 9.43. The molecule has 5 rings (SSSR count). The molecule has 2 fully saturated rings. The van der Waals surface area contributed by atoms with Gasteiger partial charge in [-0.05, 0) is 69.0 Å². The van der Waals surface area contributed by atoms with E-state index in [-0.39, 0.29) is 31.2 Å². The van der Waals surface area contributed by atoms with Crippen molar-refractivity contribution < 1.29 is 23.8 Å². The Morgan fingerprint density at radius 2 is 1.80 bits per heavy atom. The lowest BCUT2D eigenvalue weighted by Gasteiger charge is -2.40. The Morgan fingerprint density at radius 1 is 1.03 bits per heavy atom. The summed E-state index contributed by atoms with van der Waals surface area (Å²) in [5.74, 6) is 2.24. The van der Waals surface area contributed by atoms with Crippen LogP contribution in [-0.2, 0) is 17.9 Å². The molecule has 0 spiro atoms. The second-order valence-electron chi connectivity index (χ2n) is 9.43. The maximum atomic E-state index is 13.7. The molecule has 8 heteroatoms. The van der Waals surface area contributed by atoms with Gasteiger partial charge in [-0.2, -0.15) is 0 Å². The highest BCUT2D eigenvalue weighted by Gasteiger charge is 2.54. The number of likely N-dealkylation sites (tertiary alicyclic amines) is 1.